The molecule has 0 radical (unpaired) electrons. The second kappa shape index (κ2) is 10.9. The lowest BCUT2D eigenvalue weighted by Crippen LogP contribution is -2.63. The molecule has 2 aromatic rings. The number of rotatable bonds is 2. The quantitative estimate of drug-likeness (QED) is 0.144. The summed E-state index contributed by atoms with van der Waals surface area (Å²) in [5.74, 6) is -0.333. The molecule has 5 aliphatic heterocycles. The van der Waals surface area contributed by atoms with E-state index in [0.717, 1.165) is 6.33 Å². The van der Waals surface area contributed by atoms with Crippen molar-refractivity contribution in [2.45, 2.75) is 55.1 Å². The normalized spacial score (nSPS) is 42.8. The third kappa shape index (κ3) is 5.16. The molecule has 7 heterocycles. The van der Waals surface area contributed by atoms with E-state index in [0.29, 0.717) is 0 Å². The van der Waals surface area contributed by atoms with Gasteiger partial charge in [-0.3, -0.25) is 32.5 Å². The van der Waals surface area contributed by atoms with Gasteiger partial charge in [0.25, 0.3) is 5.91 Å². The predicted octanol–water partition coefficient (Wildman–Crippen LogP) is -3.52. The SMILES string of the molecule is Nc1ncnc2c1ncn2[C@@H]1O[C@@H]2COP(=O)(O)O[C@@H]3[C@H](O)[C@@H](COP(=O)(O)O[C@H]2[C@H]1O)O[C@H]3C1=CNC2C(=O)NCNN12. The highest BCUT2D eigenvalue weighted by Gasteiger charge is 2.55. The van der Waals surface area contributed by atoms with Gasteiger partial charge in [-0.2, -0.15) is 0 Å². The molecule has 240 valence electrons. The Labute approximate surface area is 246 Å². The number of amides is 1. The van der Waals surface area contributed by atoms with E-state index in [1.165, 1.54) is 22.1 Å². The summed E-state index contributed by atoms with van der Waals surface area (Å²) in [6.07, 6.45) is -9.14. The Balaban J connectivity index is 1.16. The van der Waals surface area contributed by atoms with Gasteiger partial charge in [0.1, 0.15) is 54.6 Å². The van der Waals surface area contributed by atoms with Crippen LogP contribution in [0.2, 0.25) is 0 Å². The highest BCUT2D eigenvalue weighted by atomic mass is 31.2. The number of imidazole rings is 1. The Hall–Kier alpha value is -2.82. The number of hydrogen-bond donors (Lipinski definition) is 8. The van der Waals surface area contributed by atoms with Gasteiger partial charge >= 0.3 is 15.6 Å². The van der Waals surface area contributed by atoms with Crippen molar-refractivity contribution in [3.8, 4) is 0 Å². The van der Waals surface area contributed by atoms with Gasteiger partial charge in [0.15, 0.2) is 23.9 Å². The molecule has 2 aromatic heterocycles. The number of carbonyl (C=O) groups is 1. The van der Waals surface area contributed by atoms with Crippen LogP contribution in [0.5, 0.6) is 0 Å². The van der Waals surface area contributed by atoms with Crippen LogP contribution in [0.25, 0.3) is 11.2 Å². The van der Waals surface area contributed by atoms with Gasteiger partial charge in [0.05, 0.1) is 31.9 Å². The molecule has 0 saturated carbocycles. The average Bonchev–Trinajstić information content (AvgIpc) is 3.73. The van der Waals surface area contributed by atoms with E-state index in [1.807, 2.05) is 0 Å². The van der Waals surface area contributed by atoms with Gasteiger partial charge in [-0.15, -0.1) is 0 Å². The first-order valence-corrected chi connectivity index (χ1v) is 16.1. The van der Waals surface area contributed by atoms with Crippen molar-refractivity contribution in [3.63, 3.8) is 0 Å². The van der Waals surface area contributed by atoms with Crippen LogP contribution in [0.1, 0.15) is 6.23 Å². The van der Waals surface area contributed by atoms with Crippen LogP contribution in [0, 0.1) is 0 Å². The molecule has 11 atom stereocenters. The maximum atomic E-state index is 13.2. The summed E-state index contributed by atoms with van der Waals surface area (Å²) < 4.78 is 60.2. The number of nitrogens with one attached hydrogen (secondary N) is 3. The monoisotopic (exact) mass is 663 g/mol. The van der Waals surface area contributed by atoms with Gasteiger partial charge in [0, 0.05) is 6.20 Å². The third-order valence-corrected chi connectivity index (χ3v) is 9.57. The average molecular weight is 663 g/mol. The zero-order chi connectivity index (χ0) is 31.0. The molecule has 0 spiro atoms. The minimum atomic E-state index is -5.04. The second-order valence-electron chi connectivity index (χ2n) is 10.3. The van der Waals surface area contributed by atoms with E-state index in [1.54, 1.807) is 0 Å². The molecule has 5 aliphatic rings. The van der Waals surface area contributed by atoms with Gasteiger partial charge < -0.3 is 45.8 Å². The molecule has 9 N–H and O–H groups in total. The van der Waals surface area contributed by atoms with E-state index < -0.39 is 84.0 Å². The zero-order valence-corrected chi connectivity index (χ0v) is 24.0. The molecule has 4 saturated heterocycles. The number of aliphatic hydroxyl groups is 2. The van der Waals surface area contributed by atoms with Crippen LogP contribution >= 0.6 is 15.6 Å². The largest absolute Gasteiger partial charge is 0.472 e. The number of hydrogen-bond acceptors (Lipinski definition) is 18. The van der Waals surface area contributed by atoms with Crippen LogP contribution < -0.4 is 21.8 Å². The molecule has 1 amide bonds. The number of nitrogens with zero attached hydrogens (tertiary/aromatic N) is 5. The molecule has 2 bridgehead atoms. The second-order valence-corrected chi connectivity index (χ2v) is 13.1. The number of hydrazine groups is 1. The molecule has 4 fully saturated rings. The van der Waals surface area contributed by atoms with Crippen LogP contribution in [0.15, 0.2) is 24.6 Å². The first-order valence-electron chi connectivity index (χ1n) is 13.1. The molecule has 22 nitrogen and oxygen atoms in total. The van der Waals surface area contributed by atoms with Gasteiger partial charge in [0.2, 0.25) is 0 Å². The Bertz CT molecular complexity index is 1600. The summed E-state index contributed by atoms with van der Waals surface area (Å²) in [6, 6.07) is 0. The van der Waals surface area contributed by atoms with E-state index in [-0.39, 0.29) is 35.3 Å². The number of phosphoric acid groups is 2. The first-order chi connectivity index (χ1) is 20.9. The van der Waals surface area contributed by atoms with Gasteiger partial charge in [-0.1, -0.05) is 0 Å². The molecule has 24 heteroatoms. The van der Waals surface area contributed by atoms with Crippen LogP contribution in [-0.2, 0) is 41.5 Å². The number of aliphatic hydroxyl groups excluding tert-OH is 2. The van der Waals surface area contributed by atoms with Crippen LogP contribution in [0.4, 0.5) is 5.82 Å². The maximum Gasteiger partial charge on any atom is 0.472 e. The smallest absolute Gasteiger partial charge is 0.387 e. The molecular weight excluding hydrogens is 636 g/mol. The summed E-state index contributed by atoms with van der Waals surface area (Å²) in [4.78, 5) is 45.6. The fraction of sp³-hybridized carbons (Fsp3) is 0.600. The molecule has 44 heavy (non-hydrogen) atoms. The van der Waals surface area contributed by atoms with Gasteiger partial charge in [-0.25, -0.2) is 29.5 Å². The molecule has 7 rings (SSSR count). The Morgan fingerprint density at radius 2 is 1.70 bits per heavy atom. The highest BCUT2D eigenvalue weighted by molar-refractivity contribution is 7.47. The fourth-order valence-corrected chi connectivity index (χ4v) is 7.47. The molecule has 0 aromatic carbocycles. The lowest BCUT2D eigenvalue weighted by molar-refractivity contribution is -0.131. The number of carbonyl (C=O) groups excluding carboxylic acids is 1. The topological polar surface area (TPSA) is 296 Å². The summed E-state index contributed by atoms with van der Waals surface area (Å²) in [5, 5.41) is 28.9. The first kappa shape index (κ1) is 29.9. The van der Waals surface area contributed by atoms with E-state index in [2.05, 4.69) is 31.0 Å². The Morgan fingerprint density at radius 3 is 2.48 bits per heavy atom. The molecule has 0 aliphatic carbocycles. The Morgan fingerprint density at radius 1 is 0.977 bits per heavy atom. The van der Waals surface area contributed by atoms with Gasteiger partial charge in [-0.05, 0) is 0 Å². The lowest BCUT2D eigenvalue weighted by Gasteiger charge is -2.35. The summed E-state index contributed by atoms with van der Waals surface area (Å²) >= 11 is 0. The summed E-state index contributed by atoms with van der Waals surface area (Å²) in [5.41, 5.74) is 9.30. The van der Waals surface area contributed by atoms with Crippen molar-refractivity contribution < 1.29 is 61.5 Å². The van der Waals surface area contributed by atoms with Crippen LogP contribution in [0.3, 0.4) is 0 Å². The highest BCUT2D eigenvalue weighted by Crippen LogP contribution is 2.53. The Kier molecular flexibility index (Phi) is 7.41. The summed E-state index contributed by atoms with van der Waals surface area (Å²) in [6.45, 7) is -1.49. The van der Waals surface area contributed by atoms with E-state index in [4.69, 9.17) is 33.3 Å². The number of nitrogens with two attached hydrogens (primary N) is 1. The lowest BCUT2D eigenvalue weighted by atomic mass is 10.1. The third-order valence-electron chi connectivity index (χ3n) is 7.60. The van der Waals surface area contributed by atoms with Crippen molar-refractivity contribution in [2.75, 3.05) is 25.6 Å². The maximum absolute atomic E-state index is 13.2. The number of aromatic nitrogens is 4. The van der Waals surface area contributed by atoms with Crippen LogP contribution in [-0.4, -0.2) is 119 Å². The number of fused-ring (bicyclic) bond motifs is 5. The van der Waals surface area contributed by atoms with Crippen molar-refractivity contribution in [1.82, 2.24) is 40.6 Å². The molecule has 3 unspecified atom stereocenters. The summed E-state index contributed by atoms with van der Waals surface area (Å²) in [7, 11) is -10.1. The van der Waals surface area contributed by atoms with Crippen molar-refractivity contribution in [1.29, 1.82) is 0 Å². The minimum Gasteiger partial charge on any atom is -0.387 e. The van der Waals surface area contributed by atoms with Crippen molar-refractivity contribution in [2.24, 2.45) is 0 Å². The number of phosphoric ester groups is 2. The predicted molar refractivity (Wildman–Crippen MR) is 139 cm³/mol. The van der Waals surface area contributed by atoms with E-state index in [9.17, 15) is 33.9 Å². The van der Waals surface area contributed by atoms with E-state index >= 15 is 0 Å². The number of ether oxygens (including phenoxy) is 2. The number of anilines is 1. The minimum absolute atomic E-state index is 0.0475. The number of nitrogen functional groups attached to an aromatic ring is 1. The standard InChI is InChI=1S/C20H27N9O13P2/c21-16-10-17(24-4-23-16)28(6-26-10)20-12(31)14-9(40-20)3-38-44(35,36)42-15-11(30)8(2-37-43(33,34)41-14)39-13(15)7-1-22-18-19(32)25-5-27-29(7)18/h1,4,6,8-9,11-15,18,20,22,27,30-31H,2-3,5H2,(H,25,32)(H,33,34)(H,35,36)(H2,21,23,24)/t8-,9-,11-,12-,13+,14-,15-,18?,20-/m1/s1. The van der Waals surface area contributed by atoms with Crippen molar-refractivity contribution >= 4 is 38.5 Å². The fourth-order valence-electron chi connectivity index (χ4n) is 5.56. The molecular formula is C20H27N9O13P2. The zero-order valence-electron chi connectivity index (χ0n) is 22.2. The van der Waals surface area contributed by atoms with Crippen molar-refractivity contribution in [3.05, 3.63) is 24.6 Å².